The third-order valence-electron chi connectivity index (χ3n) is 5.63. The van der Waals surface area contributed by atoms with E-state index in [2.05, 4.69) is 18.2 Å². The Morgan fingerprint density at radius 1 is 1.07 bits per heavy atom. The fraction of sp³-hybridized carbons (Fsp3) is 0.407. The lowest BCUT2D eigenvalue weighted by Crippen LogP contribution is -2.49. The van der Waals surface area contributed by atoms with Gasteiger partial charge in [0.2, 0.25) is 5.91 Å². The highest BCUT2D eigenvalue weighted by Crippen LogP contribution is 2.30. The molecule has 1 saturated heterocycles. The third kappa shape index (κ3) is 9.55. The molecule has 218 valence electrons. The molecule has 1 fully saturated rings. The lowest BCUT2D eigenvalue weighted by molar-refractivity contribution is -0.121. The molecular weight excluding hydrogens is 549 g/mol. The fourth-order valence-electron chi connectivity index (χ4n) is 3.56. The summed E-state index contributed by atoms with van der Waals surface area (Å²) >= 11 is 0. The molecule has 0 radical (unpaired) electrons. The SMILES string of the molecule is C#C.CCCNC(=O)CN(CCN(C)C(=O)N1CCOCC1)S(=O)c1cc(F)c(Oc2ccc(F)cc2)c(F)c1. The van der Waals surface area contributed by atoms with Crippen LogP contribution < -0.4 is 10.1 Å². The van der Waals surface area contributed by atoms with Gasteiger partial charge in [-0.25, -0.2) is 26.5 Å². The molecule has 3 amide bonds. The first-order valence-corrected chi connectivity index (χ1v) is 13.6. The van der Waals surface area contributed by atoms with E-state index >= 15 is 0 Å². The van der Waals surface area contributed by atoms with Gasteiger partial charge in [0.15, 0.2) is 17.4 Å². The number of amides is 3. The Balaban J connectivity index is 0.00000274. The minimum Gasteiger partial charge on any atom is -0.451 e. The van der Waals surface area contributed by atoms with Gasteiger partial charge in [0.05, 0.1) is 24.7 Å². The highest BCUT2D eigenvalue weighted by Gasteiger charge is 2.25. The van der Waals surface area contributed by atoms with Crippen LogP contribution in [-0.4, -0.2) is 89.8 Å². The van der Waals surface area contributed by atoms with Crippen molar-refractivity contribution in [2.24, 2.45) is 0 Å². The van der Waals surface area contributed by atoms with E-state index in [4.69, 9.17) is 9.47 Å². The van der Waals surface area contributed by atoms with Gasteiger partial charge in [-0.2, -0.15) is 0 Å². The molecule has 1 heterocycles. The van der Waals surface area contributed by atoms with Gasteiger partial charge >= 0.3 is 6.03 Å². The number of nitrogens with zero attached hydrogens (tertiary/aromatic N) is 3. The topological polar surface area (TPSA) is 91.4 Å². The molecule has 0 aromatic heterocycles. The second-order valence-corrected chi connectivity index (χ2v) is 10.0. The Morgan fingerprint density at radius 2 is 1.68 bits per heavy atom. The van der Waals surface area contributed by atoms with Crippen LogP contribution >= 0.6 is 0 Å². The van der Waals surface area contributed by atoms with Crippen LogP contribution in [0.4, 0.5) is 18.0 Å². The van der Waals surface area contributed by atoms with Crippen LogP contribution in [0.5, 0.6) is 11.5 Å². The number of halogens is 3. The van der Waals surface area contributed by atoms with E-state index in [9.17, 15) is 27.0 Å². The van der Waals surface area contributed by atoms with E-state index in [1.807, 2.05) is 6.92 Å². The Labute approximate surface area is 234 Å². The second-order valence-electron chi connectivity index (χ2n) is 8.54. The molecule has 0 saturated carbocycles. The average Bonchev–Trinajstić information content (AvgIpc) is 2.97. The van der Waals surface area contributed by atoms with Crippen LogP contribution in [0.3, 0.4) is 0 Å². The molecule has 0 aliphatic carbocycles. The maximum Gasteiger partial charge on any atom is 0.319 e. The van der Waals surface area contributed by atoms with Gasteiger partial charge in [-0.3, -0.25) is 4.79 Å². The Bertz CT molecular complexity index is 1150. The minimum atomic E-state index is -2.14. The van der Waals surface area contributed by atoms with Crippen molar-refractivity contribution in [2.45, 2.75) is 18.2 Å². The number of benzene rings is 2. The smallest absolute Gasteiger partial charge is 0.319 e. The summed E-state index contributed by atoms with van der Waals surface area (Å²) in [4.78, 5) is 27.9. The highest BCUT2D eigenvalue weighted by molar-refractivity contribution is 7.82. The number of rotatable bonds is 11. The van der Waals surface area contributed by atoms with Gasteiger partial charge < -0.3 is 24.6 Å². The molecule has 2 aromatic rings. The summed E-state index contributed by atoms with van der Waals surface area (Å²) in [5.41, 5.74) is 0. The summed E-state index contributed by atoms with van der Waals surface area (Å²) in [5.74, 6) is -3.91. The van der Waals surface area contributed by atoms with Crippen LogP contribution in [-0.2, 0) is 20.5 Å². The highest BCUT2D eigenvalue weighted by atomic mass is 32.2. The molecule has 9 nitrogen and oxygen atoms in total. The lowest BCUT2D eigenvalue weighted by Gasteiger charge is -2.32. The normalized spacial score (nSPS) is 13.7. The number of hydrogen-bond donors (Lipinski definition) is 1. The lowest BCUT2D eigenvalue weighted by atomic mass is 10.3. The van der Waals surface area contributed by atoms with Crippen molar-refractivity contribution in [2.75, 3.05) is 59.5 Å². The van der Waals surface area contributed by atoms with Gasteiger partial charge in [0, 0.05) is 39.8 Å². The van der Waals surface area contributed by atoms with E-state index in [1.54, 1.807) is 11.9 Å². The Hall–Kier alpha value is -3.60. The maximum absolute atomic E-state index is 14.8. The zero-order valence-corrected chi connectivity index (χ0v) is 23.2. The zero-order valence-electron chi connectivity index (χ0n) is 22.4. The summed E-state index contributed by atoms with van der Waals surface area (Å²) in [6, 6.07) is 6.06. The first-order chi connectivity index (χ1) is 19.2. The van der Waals surface area contributed by atoms with Gasteiger partial charge in [-0.15, -0.1) is 12.8 Å². The number of morpholine rings is 1. The number of likely N-dealkylation sites (N-methyl/N-ethyl adjacent to an activating group) is 1. The van der Waals surface area contributed by atoms with E-state index in [0.717, 1.165) is 24.3 Å². The van der Waals surface area contributed by atoms with Gasteiger partial charge in [-0.05, 0) is 42.8 Å². The molecular formula is C27H33F3N4O5S. The molecule has 0 bridgehead atoms. The van der Waals surface area contributed by atoms with E-state index in [0.29, 0.717) is 39.3 Å². The van der Waals surface area contributed by atoms with Crippen LogP contribution in [0, 0.1) is 30.3 Å². The number of ether oxygens (including phenoxy) is 2. The van der Waals surface area contributed by atoms with Crippen molar-refractivity contribution in [1.29, 1.82) is 0 Å². The summed E-state index contributed by atoms with van der Waals surface area (Å²) in [5, 5.41) is 2.68. The Morgan fingerprint density at radius 3 is 2.25 bits per heavy atom. The summed E-state index contributed by atoms with van der Waals surface area (Å²) in [7, 11) is -0.564. The Kier molecular flexibility index (Phi) is 13.4. The number of urea groups is 1. The van der Waals surface area contributed by atoms with Gasteiger partial charge in [-0.1, -0.05) is 6.92 Å². The van der Waals surface area contributed by atoms with Crippen molar-refractivity contribution >= 4 is 22.9 Å². The van der Waals surface area contributed by atoms with Crippen LogP contribution in [0.15, 0.2) is 41.3 Å². The predicted molar refractivity (Wildman–Crippen MR) is 144 cm³/mol. The van der Waals surface area contributed by atoms with Crippen LogP contribution in [0.25, 0.3) is 0 Å². The molecule has 1 unspecified atom stereocenters. The predicted octanol–water partition coefficient (Wildman–Crippen LogP) is 3.38. The second kappa shape index (κ2) is 16.5. The van der Waals surface area contributed by atoms with Crippen molar-refractivity contribution in [3.63, 3.8) is 0 Å². The molecule has 3 rings (SSSR count). The molecule has 1 aliphatic heterocycles. The first kappa shape index (κ1) is 32.6. The third-order valence-corrected chi connectivity index (χ3v) is 7.05. The maximum atomic E-state index is 14.8. The fourth-order valence-corrected chi connectivity index (χ4v) is 4.75. The number of carbonyl (C=O) groups is 2. The molecule has 2 aromatic carbocycles. The van der Waals surface area contributed by atoms with E-state index < -0.39 is 40.1 Å². The molecule has 0 spiro atoms. The average molecular weight is 583 g/mol. The first-order valence-electron chi connectivity index (χ1n) is 12.5. The number of carbonyl (C=O) groups excluding carboxylic acids is 2. The molecule has 1 atom stereocenters. The molecule has 40 heavy (non-hydrogen) atoms. The van der Waals surface area contributed by atoms with E-state index in [1.165, 1.54) is 21.3 Å². The van der Waals surface area contributed by atoms with E-state index in [-0.39, 0.29) is 36.3 Å². The van der Waals surface area contributed by atoms with Crippen molar-refractivity contribution in [3.05, 3.63) is 53.8 Å². The largest absolute Gasteiger partial charge is 0.451 e. The van der Waals surface area contributed by atoms with Crippen molar-refractivity contribution < 1.29 is 36.4 Å². The summed E-state index contributed by atoms with van der Waals surface area (Å²) in [6.45, 7) is 3.85. The minimum absolute atomic E-state index is 0.00416. The standard InChI is InChI=1S/C25H31F3N4O5S.C2H2/c1-3-8-29-23(33)17-32(10-9-30(2)25(34)31-11-13-36-14-12-31)38(35)20-15-21(27)24(22(28)16-20)37-19-6-4-18(26)5-7-19;1-2/h4-7,15-16H,3,8-14,17H2,1-2H3,(H,29,33);1-2H. The number of hydrogen-bond acceptors (Lipinski definition) is 5. The van der Waals surface area contributed by atoms with Gasteiger partial charge in [0.1, 0.15) is 22.6 Å². The van der Waals surface area contributed by atoms with Gasteiger partial charge in [0.25, 0.3) is 0 Å². The van der Waals surface area contributed by atoms with Crippen LogP contribution in [0.1, 0.15) is 13.3 Å². The molecule has 13 heteroatoms. The number of terminal acetylenes is 1. The quantitative estimate of drug-likeness (QED) is 0.411. The van der Waals surface area contributed by atoms with Crippen molar-refractivity contribution in [1.82, 2.24) is 19.4 Å². The van der Waals surface area contributed by atoms with Crippen LogP contribution in [0.2, 0.25) is 0 Å². The molecule has 1 N–H and O–H groups in total. The monoisotopic (exact) mass is 582 g/mol. The summed E-state index contributed by atoms with van der Waals surface area (Å²) in [6.07, 6.45) is 8.69. The number of nitrogens with one attached hydrogen (secondary N) is 1. The zero-order chi connectivity index (χ0) is 29.7. The molecule has 1 aliphatic rings. The van der Waals surface area contributed by atoms with Crippen molar-refractivity contribution in [3.8, 4) is 24.3 Å². The summed E-state index contributed by atoms with van der Waals surface area (Å²) < 4.78 is 67.8.